The topological polar surface area (TPSA) is 58.2 Å². The van der Waals surface area contributed by atoms with E-state index >= 15 is 0 Å². The molecule has 0 bridgehead atoms. The van der Waals surface area contributed by atoms with Crippen LogP contribution in [0.5, 0.6) is 0 Å². The van der Waals surface area contributed by atoms with Crippen molar-refractivity contribution in [2.75, 3.05) is 13.1 Å². The van der Waals surface area contributed by atoms with E-state index in [0.717, 1.165) is 51.6 Å². The number of unbranched alkanes of at least 4 members (excludes halogenated alkanes) is 16. The maximum absolute atomic E-state index is 11.8. The molecule has 0 aliphatic carbocycles. The molecule has 0 unspecified atom stereocenters. The van der Waals surface area contributed by atoms with Gasteiger partial charge in [-0.3, -0.25) is 9.59 Å². The van der Waals surface area contributed by atoms with Gasteiger partial charge < -0.3 is 10.6 Å². The van der Waals surface area contributed by atoms with Gasteiger partial charge in [0.15, 0.2) is 0 Å². The standard InChI is InChI=1S/C27H54N2O2/c1-3-5-7-9-11-14-18-22-26(30)28-24-20-16-13-17-21-25-29-27(31)23-19-15-12-10-8-6-4-2/h3-25H2,1-2H3,(H,28,30)(H,29,31). The van der Waals surface area contributed by atoms with Gasteiger partial charge in [-0.1, -0.05) is 110 Å². The molecule has 0 aliphatic rings. The van der Waals surface area contributed by atoms with Gasteiger partial charge in [0.25, 0.3) is 0 Å². The molecule has 0 radical (unpaired) electrons. The smallest absolute Gasteiger partial charge is 0.219 e. The molecule has 31 heavy (non-hydrogen) atoms. The Kier molecular flexibility index (Phi) is 24.3. The number of carbonyl (C=O) groups is 2. The number of hydrogen-bond donors (Lipinski definition) is 2. The SMILES string of the molecule is CCCCCCCCCC(=O)NCCCCCCCNC(=O)CCCCCCCCC. The summed E-state index contributed by atoms with van der Waals surface area (Å²) >= 11 is 0. The highest BCUT2D eigenvalue weighted by Crippen LogP contribution is 2.09. The van der Waals surface area contributed by atoms with Crippen molar-refractivity contribution in [3.05, 3.63) is 0 Å². The Bertz CT molecular complexity index is 363. The summed E-state index contributed by atoms with van der Waals surface area (Å²) in [5, 5.41) is 6.11. The summed E-state index contributed by atoms with van der Waals surface area (Å²) in [6.07, 6.45) is 24.6. The molecule has 0 fully saturated rings. The minimum Gasteiger partial charge on any atom is -0.356 e. The largest absolute Gasteiger partial charge is 0.356 e. The van der Waals surface area contributed by atoms with Gasteiger partial charge in [-0.05, 0) is 25.7 Å². The molecule has 0 aromatic carbocycles. The molecule has 2 amide bonds. The fourth-order valence-electron chi connectivity index (χ4n) is 3.90. The van der Waals surface area contributed by atoms with Crippen LogP contribution in [-0.2, 0) is 9.59 Å². The van der Waals surface area contributed by atoms with E-state index in [1.165, 1.54) is 83.5 Å². The third-order valence-corrected chi connectivity index (χ3v) is 6.01. The van der Waals surface area contributed by atoms with E-state index in [1.807, 2.05) is 0 Å². The van der Waals surface area contributed by atoms with Crippen molar-refractivity contribution in [3.8, 4) is 0 Å². The highest BCUT2D eigenvalue weighted by molar-refractivity contribution is 5.76. The molecule has 184 valence electrons. The Labute approximate surface area is 194 Å². The fraction of sp³-hybridized carbons (Fsp3) is 0.926. The summed E-state index contributed by atoms with van der Waals surface area (Å²) in [5.74, 6) is 0.439. The van der Waals surface area contributed by atoms with E-state index < -0.39 is 0 Å². The van der Waals surface area contributed by atoms with Gasteiger partial charge in [0, 0.05) is 25.9 Å². The number of amides is 2. The van der Waals surface area contributed by atoms with Crippen molar-refractivity contribution in [2.24, 2.45) is 0 Å². The quantitative estimate of drug-likeness (QED) is 0.154. The van der Waals surface area contributed by atoms with Crippen LogP contribution in [0.1, 0.15) is 149 Å². The number of hydrogen-bond acceptors (Lipinski definition) is 2. The monoisotopic (exact) mass is 438 g/mol. The summed E-state index contributed by atoms with van der Waals surface area (Å²) in [4.78, 5) is 23.6. The van der Waals surface area contributed by atoms with Gasteiger partial charge in [-0.25, -0.2) is 0 Å². The molecule has 4 nitrogen and oxygen atoms in total. The Hall–Kier alpha value is -1.06. The maximum atomic E-state index is 11.8. The number of nitrogens with one attached hydrogen (secondary N) is 2. The first kappa shape index (κ1) is 29.9. The molecule has 0 saturated heterocycles. The lowest BCUT2D eigenvalue weighted by Gasteiger charge is -2.07. The molecule has 0 aliphatic heterocycles. The zero-order valence-corrected chi connectivity index (χ0v) is 21.1. The molecule has 0 atom stereocenters. The van der Waals surface area contributed by atoms with Crippen LogP contribution in [0.4, 0.5) is 0 Å². The third kappa shape index (κ3) is 25.1. The highest BCUT2D eigenvalue weighted by atomic mass is 16.2. The Balaban J connectivity index is 3.24. The van der Waals surface area contributed by atoms with Gasteiger partial charge in [-0.15, -0.1) is 0 Å². The van der Waals surface area contributed by atoms with Crippen LogP contribution in [0.3, 0.4) is 0 Å². The predicted molar refractivity (Wildman–Crippen MR) is 134 cm³/mol. The van der Waals surface area contributed by atoms with Crippen molar-refractivity contribution in [3.63, 3.8) is 0 Å². The summed E-state index contributed by atoms with van der Waals surface area (Å²) < 4.78 is 0. The number of rotatable bonds is 24. The van der Waals surface area contributed by atoms with E-state index in [0.29, 0.717) is 12.8 Å². The maximum Gasteiger partial charge on any atom is 0.219 e. The second kappa shape index (κ2) is 25.2. The van der Waals surface area contributed by atoms with Gasteiger partial charge in [0.2, 0.25) is 11.8 Å². The van der Waals surface area contributed by atoms with Crippen molar-refractivity contribution >= 4 is 11.8 Å². The fourth-order valence-corrected chi connectivity index (χ4v) is 3.90. The van der Waals surface area contributed by atoms with Crippen LogP contribution in [0.25, 0.3) is 0 Å². The van der Waals surface area contributed by atoms with Crippen LogP contribution >= 0.6 is 0 Å². The van der Waals surface area contributed by atoms with Gasteiger partial charge >= 0.3 is 0 Å². The van der Waals surface area contributed by atoms with Crippen molar-refractivity contribution in [1.29, 1.82) is 0 Å². The van der Waals surface area contributed by atoms with Gasteiger partial charge in [0.05, 0.1) is 0 Å². The zero-order valence-electron chi connectivity index (χ0n) is 21.1. The van der Waals surface area contributed by atoms with E-state index in [2.05, 4.69) is 24.5 Å². The molecule has 0 saturated carbocycles. The second-order valence-corrected chi connectivity index (χ2v) is 9.21. The lowest BCUT2D eigenvalue weighted by molar-refractivity contribution is -0.122. The zero-order chi connectivity index (χ0) is 22.8. The van der Waals surface area contributed by atoms with Crippen molar-refractivity contribution in [1.82, 2.24) is 10.6 Å². The molecule has 0 aromatic rings. The van der Waals surface area contributed by atoms with Crippen LogP contribution in [0, 0.1) is 0 Å². The van der Waals surface area contributed by atoms with Crippen LogP contribution in [-0.4, -0.2) is 24.9 Å². The Morgan fingerprint density at radius 3 is 1.06 bits per heavy atom. The first-order valence-electron chi connectivity index (χ1n) is 13.7. The molecule has 2 N–H and O–H groups in total. The Morgan fingerprint density at radius 1 is 0.419 bits per heavy atom. The van der Waals surface area contributed by atoms with Gasteiger partial charge in [0.1, 0.15) is 0 Å². The molecular formula is C27H54N2O2. The first-order chi connectivity index (χ1) is 15.2. The normalized spacial score (nSPS) is 10.9. The average Bonchev–Trinajstić information content (AvgIpc) is 2.76. The van der Waals surface area contributed by atoms with Crippen LogP contribution in [0.15, 0.2) is 0 Å². The van der Waals surface area contributed by atoms with Gasteiger partial charge in [-0.2, -0.15) is 0 Å². The van der Waals surface area contributed by atoms with Crippen molar-refractivity contribution < 1.29 is 9.59 Å². The minimum atomic E-state index is 0.220. The summed E-state index contributed by atoms with van der Waals surface area (Å²) in [6.45, 7) is 6.10. The third-order valence-electron chi connectivity index (χ3n) is 6.01. The lowest BCUT2D eigenvalue weighted by atomic mass is 10.1. The van der Waals surface area contributed by atoms with E-state index in [9.17, 15) is 9.59 Å². The average molecular weight is 439 g/mol. The van der Waals surface area contributed by atoms with E-state index in [4.69, 9.17) is 0 Å². The minimum absolute atomic E-state index is 0.220. The van der Waals surface area contributed by atoms with E-state index in [-0.39, 0.29) is 11.8 Å². The summed E-state index contributed by atoms with van der Waals surface area (Å²) in [6, 6.07) is 0. The molecule has 4 heteroatoms. The first-order valence-corrected chi connectivity index (χ1v) is 13.7. The summed E-state index contributed by atoms with van der Waals surface area (Å²) in [7, 11) is 0. The van der Waals surface area contributed by atoms with Crippen LogP contribution < -0.4 is 10.6 Å². The Morgan fingerprint density at radius 2 is 0.710 bits per heavy atom. The van der Waals surface area contributed by atoms with E-state index in [1.54, 1.807) is 0 Å². The lowest BCUT2D eigenvalue weighted by Crippen LogP contribution is -2.24. The number of carbonyl (C=O) groups excluding carboxylic acids is 2. The van der Waals surface area contributed by atoms with Crippen LogP contribution in [0.2, 0.25) is 0 Å². The predicted octanol–water partition coefficient (Wildman–Crippen LogP) is 7.45. The highest BCUT2D eigenvalue weighted by Gasteiger charge is 2.02. The molecule has 0 rings (SSSR count). The summed E-state index contributed by atoms with van der Waals surface area (Å²) in [5.41, 5.74) is 0. The van der Waals surface area contributed by atoms with Crippen molar-refractivity contribution in [2.45, 2.75) is 149 Å². The molecule has 0 spiro atoms. The molecule has 0 heterocycles. The molecule has 0 aromatic heterocycles. The molecular weight excluding hydrogens is 384 g/mol. The second-order valence-electron chi connectivity index (χ2n) is 9.21.